The van der Waals surface area contributed by atoms with Gasteiger partial charge in [-0.2, -0.15) is 4.31 Å². The molecule has 0 radical (unpaired) electrons. The van der Waals surface area contributed by atoms with Crippen LogP contribution in [-0.2, 0) is 10.0 Å². The fraction of sp³-hybridized carbons (Fsp3) is 0.636. The maximum absolute atomic E-state index is 12.5. The van der Waals surface area contributed by atoms with Gasteiger partial charge >= 0.3 is 0 Å². The summed E-state index contributed by atoms with van der Waals surface area (Å²) in [5, 5.41) is 3.28. The van der Waals surface area contributed by atoms with Crippen molar-refractivity contribution in [3.05, 3.63) is 18.1 Å². The van der Waals surface area contributed by atoms with Crippen molar-refractivity contribution in [2.75, 3.05) is 20.1 Å². The van der Waals surface area contributed by atoms with E-state index in [0.29, 0.717) is 5.69 Å². The Labute approximate surface area is 107 Å². The third-order valence-corrected chi connectivity index (χ3v) is 5.23. The SMILES string of the molecule is Cc1nccnc1S(=O)(=O)N(C)C1CCNCC1. The van der Waals surface area contributed by atoms with Crippen LogP contribution in [0.4, 0.5) is 0 Å². The van der Waals surface area contributed by atoms with E-state index in [9.17, 15) is 8.42 Å². The van der Waals surface area contributed by atoms with Gasteiger partial charge in [-0.1, -0.05) is 0 Å². The molecular formula is C11H18N4O2S. The van der Waals surface area contributed by atoms with E-state index in [1.165, 1.54) is 16.7 Å². The average molecular weight is 270 g/mol. The third-order valence-electron chi connectivity index (χ3n) is 3.28. The Morgan fingerprint density at radius 3 is 2.50 bits per heavy atom. The molecule has 1 aliphatic rings. The zero-order valence-electron chi connectivity index (χ0n) is 10.6. The summed E-state index contributed by atoms with van der Waals surface area (Å²) in [6, 6.07) is 0.0395. The first-order valence-corrected chi connectivity index (χ1v) is 7.44. The normalized spacial score (nSPS) is 18.2. The second-order valence-corrected chi connectivity index (χ2v) is 6.36. The zero-order valence-corrected chi connectivity index (χ0v) is 11.4. The summed E-state index contributed by atoms with van der Waals surface area (Å²) >= 11 is 0. The molecule has 0 unspecified atom stereocenters. The monoisotopic (exact) mass is 270 g/mol. The fourth-order valence-corrected chi connectivity index (χ4v) is 3.65. The highest BCUT2D eigenvalue weighted by molar-refractivity contribution is 7.89. The third kappa shape index (κ3) is 2.52. The summed E-state index contributed by atoms with van der Waals surface area (Å²) in [4.78, 5) is 7.95. The predicted molar refractivity (Wildman–Crippen MR) is 67.6 cm³/mol. The summed E-state index contributed by atoms with van der Waals surface area (Å²) in [7, 11) is -1.91. The first-order chi connectivity index (χ1) is 8.53. The van der Waals surface area contributed by atoms with Crippen molar-refractivity contribution >= 4 is 10.0 Å². The first-order valence-electron chi connectivity index (χ1n) is 6.00. The quantitative estimate of drug-likeness (QED) is 0.846. The number of hydrogen-bond acceptors (Lipinski definition) is 5. The molecule has 0 saturated carbocycles. The van der Waals surface area contributed by atoms with E-state index in [-0.39, 0.29) is 11.1 Å². The van der Waals surface area contributed by atoms with Gasteiger partial charge in [-0.3, -0.25) is 4.98 Å². The van der Waals surface area contributed by atoms with E-state index in [0.717, 1.165) is 25.9 Å². The van der Waals surface area contributed by atoms with Crippen LogP contribution in [0.3, 0.4) is 0 Å². The Hall–Kier alpha value is -1.05. The van der Waals surface area contributed by atoms with Gasteiger partial charge < -0.3 is 5.32 Å². The van der Waals surface area contributed by atoms with Gasteiger partial charge in [0.15, 0.2) is 5.03 Å². The Balaban J connectivity index is 2.28. The number of nitrogens with zero attached hydrogens (tertiary/aromatic N) is 3. The molecule has 0 aliphatic carbocycles. The molecule has 1 N–H and O–H groups in total. The number of piperidine rings is 1. The van der Waals surface area contributed by atoms with Crippen molar-refractivity contribution in [1.29, 1.82) is 0 Å². The topological polar surface area (TPSA) is 75.2 Å². The molecule has 1 aromatic rings. The lowest BCUT2D eigenvalue weighted by atomic mass is 10.1. The minimum Gasteiger partial charge on any atom is -0.317 e. The van der Waals surface area contributed by atoms with Gasteiger partial charge in [0, 0.05) is 25.5 Å². The van der Waals surface area contributed by atoms with Crippen molar-refractivity contribution in [3.63, 3.8) is 0 Å². The van der Waals surface area contributed by atoms with Gasteiger partial charge in [-0.25, -0.2) is 13.4 Å². The number of rotatable bonds is 3. The molecule has 0 atom stereocenters. The summed E-state index contributed by atoms with van der Waals surface area (Å²) in [6.45, 7) is 3.37. The number of hydrogen-bond donors (Lipinski definition) is 1. The lowest BCUT2D eigenvalue weighted by Crippen LogP contribution is -2.44. The lowest BCUT2D eigenvalue weighted by molar-refractivity contribution is 0.295. The summed E-state index contributed by atoms with van der Waals surface area (Å²) < 4.78 is 26.3. The van der Waals surface area contributed by atoms with E-state index in [1.54, 1.807) is 14.0 Å². The van der Waals surface area contributed by atoms with Crippen LogP contribution < -0.4 is 5.32 Å². The summed E-state index contributed by atoms with van der Waals surface area (Å²) in [6.07, 6.45) is 4.57. The first kappa shape index (κ1) is 13.4. The minimum atomic E-state index is -3.54. The van der Waals surface area contributed by atoms with Crippen LogP contribution >= 0.6 is 0 Å². The van der Waals surface area contributed by atoms with Gasteiger partial charge in [-0.05, 0) is 32.9 Å². The van der Waals surface area contributed by atoms with Crippen molar-refractivity contribution in [3.8, 4) is 0 Å². The highest BCUT2D eigenvalue weighted by Gasteiger charge is 2.31. The minimum absolute atomic E-state index is 0.0395. The maximum Gasteiger partial charge on any atom is 0.262 e. The van der Waals surface area contributed by atoms with Crippen LogP contribution in [0.25, 0.3) is 0 Å². The molecule has 1 aromatic heterocycles. The van der Waals surface area contributed by atoms with Crippen LogP contribution in [0.1, 0.15) is 18.5 Å². The van der Waals surface area contributed by atoms with Gasteiger partial charge in [0.2, 0.25) is 0 Å². The van der Waals surface area contributed by atoms with Gasteiger partial charge in [-0.15, -0.1) is 0 Å². The Bertz CT molecular complexity index is 512. The molecule has 0 aromatic carbocycles. The zero-order chi connectivity index (χ0) is 13.2. The maximum atomic E-state index is 12.5. The highest BCUT2D eigenvalue weighted by atomic mass is 32.2. The van der Waals surface area contributed by atoms with Crippen LogP contribution in [0.2, 0.25) is 0 Å². The largest absolute Gasteiger partial charge is 0.317 e. The van der Waals surface area contributed by atoms with Crippen molar-refractivity contribution in [2.24, 2.45) is 0 Å². The van der Waals surface area contributed by atoms with E-state index < -0.39 is 10.0 Å². The number of aromatic nitrogens is 2. The van der Waals surface area contributed by atoms with Crippen LogP contribution in [0, 0.1) is 6.92 Å². The Morgan fingerprint density at radius 1 is 1.28 bits per heavy atom. The van der Waals surface area contributed by atoms with E-state index in [4.69, 9.17) is 0 Å². The van der Waals surface area contributed by atoms with E-state index in [2.05, 4.69) is 15.3 Å². The average Bonchev–Trinajstić information content (AvgIpc) is 2.39. The molecule has 0 amide bonds. The predicted octanol–water partition coefficient (Wildman–Crippen LogP) is 0.158. The molecule has 18 heavy (non-hydrogen) atoms. The van der Waals surface area contributed by atoms with Crippen molar-refractivity contribution in [2.45, 2.75) is 30.8 Å². The molecule has 1 fully saturated rings. The fourth-order valence-electron chi connectivity index (χ4n) is 2.15. The van der Waals surface area contributed by atoms with E-state index >= 15 is 0 Å². The molecule has 2 heterocycles. The van der Waals surface area contributed by atoms with Crippen LogP contribution in [-0.4, -0.2) is 48.9 Å². The van der Waals surface area contributed by atoms with Crippen LogP contribution in [0.5, 0.6) is 0 Å². The van der Waals surface area contributed by atoms with Gasteiger partial charge in [0.05, 0.1) is 5.69 Å². The molecule has 1 saturated heterocycles. The summed E-state index contributed by atoms with van der Waals surface area (Å²) in [5.74, 6) is 0. The number of sulfonamides is 1. The van der Waals surface area contributed by atoms with E-state index in [1.807, 2.05) is 0 Å². The van der Waals surface area contributed by atoms with Gasteiger partial charge in [0.1, 0.15) is 0 Å². The molecule has 100 valence electrons. The second kappa shape index (κ2) is 5.29. The molecule has 0 bridgehead atoms. The number of aryl methyl sites for hydroxylation is 1. The number of nitrogens with one attached hydrogen (secondary N) is 1. The Kier molecular flexibility index (Phi) is 3.94. The van der Waals surface area contributed by atoms with Crippen molar-refractivity contribution in [1.82, 2.24) is 19.6 Å². The smallest absolute Gasteiger partial charge is 0.262 e. The summed E-state index contributed by atoms with van der Waals surface area (Å²) in [5.41, 5.74) is 0.443. The standard InChI is InChI=1S/C11H18N4O2S/c1-9-11(14-8-7-13-9)18(16,17)15(2)10-3-5-12-6-4-10/h7-8,10,12H,3-6H2,1-2H3. The molecule has 6 nitrogen and oxygen atoms in total. The van der Waals surface area contributed by atoms with Gasteiger partial charge in [0.25, 0.3) is 10.0 Å². The Morgan fingerprint density at radius 2 is 1.89 bits per heavy atom. The molecular weight excluding hydrogens is 252 g/mol. The lowest BCUT2D eigenvalue weighted by Gasteiger charge is -2.30. The molecule has 0 spiro atoms. The highest BCUT2D eigenvalue weighted by Crippen LogP contribution is 2.20. The van der Waals surface area contributed by atoms with Crippen LogP contribution in [0.15, 0.2) is 17.4 Å². The molecule has 2 rings (SSSR count). The molecule has 7 heteroatoms. The van der Waals surface area contributed by atoms with Crippen molar-refractivity contribution < 1.29 is 8.42 Å². The second-order valence-electron chi connectivity index (χ2n) is 4.45. The molecule has 1 aliphatic heterocycles.